The zero-order chi connectivity index (χ0) is 23.9. The van der Waals surface area contributed by atoms with E-state index in [1.807, 2.05) is 111 Å². The van der Waals surface area contributed by atoms with E-state index in [4.69, 9.17) is 4.74 Å². The van der Waals surface area contributed by atoms with Crippen molar-refractivity contribution in [2.45, 2.75) is 50.9 Å². The first-order chi connectivity index (χ1) is 15.7. The van der Waals surface area contributed by atoms with Gasteiger partial charge in [-0.1, -0.05) is 103 Å². The SMILES string of the molecule is CC(C)=CCC(C)(O)CC(=O)OC(c1ccccc1)C(O)(c1ccccc1)c1ccccc1. The van der Waals surface area contributed by atoms with Crippen LogP contribution in [-0.2, 0) is 15.1 Å². The van der Waals surface area contributed by atoms with Gasteiger partial charge in [-0.05, 0) is 43.9 Å². The fourth-order valence-electron chi connectivity index (χ4n) is 3.86. The number of carbonyl (C=O) groups is 1. The van der Waals surface area contributed by atoms with E-state index in [2.05, 4.69) is 0 Å². The molecule has 4 heteroatoms. The van der Waals surface area contributed by atoms with Gasteiger partial charge >= 0.3 is 5.97 Å². The number of allylic oxidation sites excluding steroid dienone is 1. The zero-order valence-electron chi connectivity index (χ0n) is 19.4. The molecule has 33 heavy (non-hydrogen) atoms. The van der Waals surface area contributed by atoms with E-state index in [-0.39, 0.29) is 6.42 Å². The van der Waals surface area contributed by atoms with E-state index in [9.17, 15) is 15.0 Å². The van der Waals surface area contributed by atoms with Crippen molar-refractivity contribution < 1.29 is 19.7 Å². The maximum Gasteiger partial charge on any atom is 0.309 e. The molecule has 0 bridgehead atoms. The first-order valence-corrected chi connectivity index (χ1v) is 11.2. The smallest absolute Gasteiger partial charge is 0.309 e. The van der Waals surface area contributed by atoms with Gasteiger partial charge in [-0.2, -0.15) is 0 Å². The number of ether oxygens (including phenoxy) is 1. The average Bonchev–Trinajstić information content (AvgIpc) is 2.82. The molecule has 0 amide bonds. The molecule has 0 spiro atoms. The minimum atomic E-state index is -1.63. The fourth-order valence-corrected chi connectivity index (χ4v) is 3.86. The van der Waals surface area contributed by atoms with Crippen LogP contribution in [0.2, 0.25) is 0 Å². The molecule has 172 valence electrons. The van der Waals surface area contributed by atoms with E-state index in [0.29, 0.717) is 23.1 Å². The lowest BCUT2D eigenvalue weighted by Gasteiger charge is -2.37. The third-order valence-electron chi connectivity index (χ3n) is 5.63. The van der Waals surface area contributed by atoms with Crippen molar-refractivity contribution in [2.75, 3.05) is 0 Å². The minimum absolute atomic E-state index is 0.195. The van der Waals surface area contributed by atoms with Crippen molar-refractivity contribution in [1.82, 2.24) is 0 Å². The molecule has 2 unspecified atom stereocenters. The molecule has 3 aromatic carbocycles. The molecule has 0 heterocycles. The number of aliphatic hydroxyl groups is 2. The average molecular weight is 445 g/mol. The summed E-state index contributed by atoms with van der Waals surface area (Å²) < 4.78 is 5.98. The number of carbonyl (C=O) groups excluding carboxylic acids is 1. The summed E-state index contributed by atoms with van der Waals surface area (Å²) in [4.78, 5) is 13.1. The standard InChI is InChI=1S/C29H32O4/c1-22(2)19-20-28(3,31)21-26(30)33-27(23-13-7-4-8-14-23)29(32,24-15-9-5-10-16-24)25-17-11-6-12-18-25/h4-19,27,31-32H,20-21H2,1-3H3. The van der Waals surface area contributed by atoms with Crippen molar-refractivity contribution in [2.24, 2.45) is 0 Å². The molecule has 0 aliphatic heterocycles. The van der Waals surface area contributed by atoms with Crippen LogP contribution in [0.25, 0.3) is 0 Å². The Kier molecular flexibility index (Phi) is 7.85. The van der Waals surface area contributed by atoms with Crippen molar-refractivity contribution in [3.05, 3.63) is 119 Å². The van der Waals surface area contributed by atoms with Crippen LogP contribution in [0, 0.1) is 0 Å². The van der Waals surface area contributed by atoms with Gasteiger partial charge < -0.3 is 14.9 Å². The van der Waals surface area contributed by atoms with Gasteiger partial charge in [-0.15, -0.1) is 0 Å². The Morgan fingerprint density at radius 1 is 0.848 bits per heavy atom. The van der Waals surface area contributed by atoms with E-state index in [1.165, 1.54) is 0 Å². The van der Waals surface area contributed by atoms with Crippen LogP contribution in [-0.4, -0.2) is 21.8 Å². The number of hydrogen-bond donors (Lipinski definition) is 2. The van der Waals surface area contributed by atoms with E-state index < -0.39 is 23.3 Å². The topological polar surface area (TPSA) is 66.8 Å². The maximum absolute atomic E-state index is 13.1. The summed E-state index contributed by atoms with van der Waals surface area (Å²) in [6.07, 6.45) is 1.02. The predicted molar refractivity (Wildman–Crippen MR) is 130 cm³/mol. The van der Waals surface area contributed by atoms with Crippen LogP contribution in [0.5, 0.6) is 0 Å². The van der Waals surface area contributed by atoms with Crippen molar-refractivity contribution in [3.8, 4) is 0 Å². The summed E-state index contributed by atoms with van der Waals surface area (Å²) in [6.45, 7) is 5.51. The molecular formula is C29H32O4. The second kappa shape index (κ2) is 10.6. The first-order valence-electron chi connectivity index (χ1n) is 11.2. The highest BCUT2D eigenvalue weighted by atomic mass is 16.6. The molecular weight excluding hydrogens is 412 g/mol. The van der Waals surface area contributed by atoms with Gasteiger partial charge in [0.05, 0.1) is 12.0 Å². The monoisotopic (exact) mass is 444 g/mol. The van der Waals surface area contributed by atoms with Gasteiger partial charge in [0.1, 0.15) is 0 Å². The van der Waals surface area contributed by atoms with Crippen LogP contribution < -0.4 is 0 Å². The Hall–Kier alpha value is -3.21. The lowest BCUT2D eigenvalue weighted by atomic mass is 9.79. The number of esters is 1. The molecule has 2 atom stereocenters. The quantitative estimate of drug-likeness (QED) is 0.328. The summed E-state index contributed by atoms with van der Waals surface area (Å²) >= 11 is 0. The van der Waals surface area contributed by atoms with Crippen LogP contribution in [0.3, 0.4) is 0 Å². The molecule has 4 nitrogen and oxygen atoms in total. The lowest BCUT2D eigenvalue weighted by Crippen LogP contribution is -2.39. The molecule has 0 radical (unpaired) electrons. The van der Waals surface area contributed by atoms with Crippen LogP contribution >= 0.6 is 0 Å². The third-order valence-corrected chi connectivity index (χ3v) is 5.63. The molecule has 0 saturated carbocycles. The highest BCUT2D eigenvalue weighted by Gasteiger charge is 2.44. The van der Waals surface area contributed by atoms with Gasteiger partial charge in [0, 0.05) is 0 Å². The maximum atomic E-state index is 13.1. The van der Waals surface area contributed by atoms with E-state index in [0.717, 1.165) is 5.57 Å². The van der Waals surface area contributed by atoms with Crippen molar-refractivity contribution in [1.29, 1.82) is 0 Å². The van der Waals surface area contributed by atoms with Gasteiger partial charge in [0.25, 0.3) is 0 Å². The number of hydrogen-bond acceptors (Lipinski definition) is 4. The van der Waals surface area contributed by atoms with Gasteiger partial charge in [0.15, 0.2) is 11.7 Å². The van der Waals surface area contributed by atoms with E-state index >= 15 is 0 Å². The van der Waals surface area contributed by atoms with Crippen molar-refractivity contribution in [3.63, 3.8) is 0 Å². The molecule has 0 aliphatic carbocycles. The lowest BCUT2D eigenvalue weighted by molar-refractivity contribution is -0.168. The first kappa shape index (κ1) is 24.4. The molecule has 0 saturated heterocycles. The van der Waals surface area contributed by atoms with Crippen LogP contribution in [0.1, 0.15) is 56.4 Å². The summed E-state index contributed by atoms with van der Waals surface area (Å²) in [7, 11) is 0. The minimum Gasteiger partial charge on any atom is -0.454 e. The Balaban J connectivity index is 2.04. The van der Waals surface area contributed by atoms with Gasteiger partial charge in [0.2, 0.25) is 0 Å². The summed E-state index contributed by atoms with van der Waals surface area (Å²) in [6, 6.07) is 27.6. The highest BCUT2D eigenvalue weighted by molar-refractivity contribution is 5.71. The molecule has 0 fully saturated rings. The highest BCUT2D eigenvalue weighted by Crippen LogP contribution is 2.43. The Labute approximate surface area is 196 Å². The summed E-state index contributed by atoms with van der Waals surface area (Å²) in [5.74, 6) is -0.582. The Morgan fingerprint density at radius 2 is 1.30 bits per heavy atom. The Bertz CT molecular complexity index is 1010. The van der Waals surface area contributed by atoms with Crippen LogP contribution in [0.15, 0.2) is 103 Å². The number of benzene rings is 3. The molecule has 2 N–H and O–H groups in total. The third kappa shape index (κ3) is 6.19. The summed E-state index contributed by atoms with van der Waals surface area (Å²) in [5.41, 5.74) is 0.0417. The van der Waals surface area contributed by atoms with E-state index in [1.54, 1.807) is 6.92 Å². The molecule has 0 aliphatic rings. The van der Waals surface area contributed by atoms with Gasteiger partial charge in [-0.25, -0.2) is 0 Å². The fraction of sp³-hybridized carbons (Fsp3) is 0.276. The largest absolute Gasteiger partial charge is 0.454 e. The Morgan fingerprint density at radius 3 is 1.76 bits per heavy atom. The predicted octanol–water partition coefficient (Wildman–Crippen LogP) is 5.70. The normalized spacial score (nSPS) is 14.1. The number of rotatable bonds is 9. The molecule has 3 rings (SSSR count). The summed E-state index contributed by atoms with van der Waals surface area (Å²) in [5, 5.41) is 23.0. The second-order valence-corrected chi connectivity index (χ2v) is 8.94. The zero-order valence-corrected chi connectivity index (χ0v) is 19.4. The second-order valence-electron chi connectivity index (χ2n) is 8.94. The molecule has 0 aromatic heterocycles. The molecule has 3 aromatic rings. The van der Waals surface area contributed by atoms with Crippen LogP contribution in [0.4, 0.5) is 0 Å². The van der Waals surface area contributed by atoms with Gasteiger partial charge in [-0.3, -0.25) is 4.79 Å². The van der Waals surface area contributed by atoms with Crippen molar-refractivity contribution >= 4 is 5.97 Å².